The molecule has 0 fully saturated rings. The highest BCUT2D eigenvalue weighted by Gasteiger charge is 2.27. The molecule has 2 N–H and O–H groups in total. The van der Waals surface area contributed by atoms with Crippen LogP contribution in [-0.4, -0.2) is 50.7 Å². The molecule has 0 bridgehead atoms. The summed E-state index contributed by atoms with van der Waals surface area (Å²) >= 11 is 0. The first-order valence-electron chi connectivity index (χ1n) is 9.85. The minimum Gasteiger partial charge on any atom is -0.496 e. The number of nitrogens with zero attached hydrogens (tertiary/aromatic N) is 1. The topological polar surface area (TPSA) is 91.1 Å². The van der Waals surface area contributed by atoms with Crippen LogP contribution in [0.15, 0.2) is 30.3 Å². The highest BCUT2D eigenvalue weighted by Crippen LogP contribution is 2.42. The van der Waals surface area contributed by atoms with Crippen LogP contribution in [0, 0.1) is 0 Å². The van der Waals surface area contributed by atoms with E-state index in [1.807, 2.05) is 35.2 Å². The zero-order valence-electron chi connectivity index (χ0n) is 17.9. The number of fused-ring (bicyclic) bond motifs is 1. The van der Waals surface area contributed by atoms with Gasteiger partial charge in [-0.3, -0.25) is 9.59 Å². The number of ether oxygens (including phenoxy) is 3. The van der Waals surface area contributed by atoms with Crippen molar-refractivity contribution in [3.63, 3.8) is 0 Å². The van der Waals surface area contributed by atoms with Gasteiger partial charge in [-0.05, 0) is 47.2 Å². The number of hydrogen-bond acceptors (Lipinski definition) is 6. The summed E-state index contributed by atoms with van der Waals surface area (Å²) in [6.07, 6.45) is 1.06. The molecule has 0 saturated heterocycles. The molecule has 30 heavy (non-hydrogen) atoms. The van der Waals surface area contributed by atoms with E-state index < -0.39 is 12.0 Å². The molecule has 3 rings (SSSR count). The van der Waals surface area contributed by atoms with Crippen LogP contribution in [0.5, 0.6) is 11.5 Å². The molecule has 1 amide bonds. The Morgan fingerprint density at radius 2 is 1.73 bits per heavy atom. The summed E-state index contributed by atoms with van der Waals surface area (Å²) < 4.78 is 16.0. The molecule has 2 aromatic carbocycles. The van der Waals surface area contributed by atoms with Crippen molar-refractivity contribution >= 4 is 11.9 Å². The minimum atomic E-state index is -0.739. The van der Waals surface area contributed by atoms with Gasteiger partial charge < -0.3 is 24.8 Å². The third kappa shape index (κ3) is 4.11. The molecule has 7 nitrogen and oxygen atoms in total. The minimum absolute atomic E-state index is 0.0234. The quantitative estimate of drug-likeness (QED) is 0.733. The van der Waals surface area contributed by atoms with Crippen LogP contribution in [-0.2, 0) is 33.7 Å². The normalized spacial score (nSPS) is 14.0. The Morgan fingerprint density at radius 1 is 1.07 bits per heavy atom. The van der Waals surface area contributed by atoms with E-state index >= 15 is 0 Å². The molecule has 1 aliphatic rings. The van der Waals surface area contributed by atoms with Gasteiger partial charge in [-0.25, -0.2) is 0 Å². The highest BCUT2D eigenvalue weighted by atomic mass is 16.5. The van der Waals surface area contributed by atoms with Gasteiger partial charge in [-0.15, -0.1) is 0 Å². The molecule has 1 aliphatic heterocycles. The van der Waals surface area contributed by atoms with E-state index in [0.29, 0.717) is 37.4 Å². The van der Waals surface area contributed by atoms with Crippen LogP contribution in [0.25, 0.3) is 11.1 Å². The summed E-state index contributed by atoms with van der Waals surface area (Å²) in [5.74, 6) is 0.960. The average Bonchev–Trinajstić information content (AvgIpc) is 2.77. The number of rotatable bonds is 6. The molecular weight excluding hydrogens is 384 g/mol. The lowest BCUT2D eigenvalue weighted by Crippen LogP contribution is -2.37. The van der Waals surface area contributed by atoms with E-state index in [4.69, 9.17) is 19.9 Å². The first-order valence-corrected chi connectivity index (χ1v) is 9.85. The van der Waals surface area contributed by atoms with Gasteiger partial charge in [0.1, 0.15) is 17.5 Å². The molecule has 160 valence electrons. The van der Waals surface area contributed by atoms with Crippen molar-refractivity contribution in [3.8, 4) is 22.6 Å². The maximum atomic E-state index is 12.1. The van der Waals surface area contributed by atoms with Crippen LogP contribution in [0.3, 0.4) is 0 Å². The monoisotopic (exact) mass is 412 g/mol. The summed E-state index contributed by atoms with van der Waals surface area (Å²) in [6.45, 7) is 2.67. The molecule has 1 unspecified atom stereocenters. The summed E-state index contributed by atoms with van der Waals surface area (Å²) in [4.78, 5) is 25.8. The zero-order valence-corrected chi connectivity index (χ0v) is 17.9. The van der Waals surface area contributed by atoms with Gasteiger partial charge in [0.25, 0.3) is 0 Å². The Morgan fingerprint density at radius 3 is 2.30 bits per heavy atom. The third-order valence-electron chi connectivity index (χ3n) is 5.60. The Hall–Kier alpha value is -3.06. The summed E-state index contributed by atoms with van der Waals surface area (Å²) in [6, 6.07) is 8.89. The van der Waals surface area contributed by atoms with Crippen LogP contribution < -0.4 is 15.2 Å². The Balaban J connectivity index is 2.17. The number of carbonyl (C=O) groups is 2. The number of carbonyl (C=O) groups excluding carboxylic acids is 2. The molecule has 1 atom stereocenters. The average molecular weight is 412 g/mol. The lowest BCUT2D eigenvalue weighted by atomic mass is 9.85. The second-order valence-electron chi connectivity index (χ2n) is 7.29. The number of hydrogen-bond donors (Lipinski definition) is 1. The maximum Gasteiger partial charge on any atom is 0.322 e. The van der Waals surface area contributed by atoms with E-state index in [2.05, 4.69) is 0 Å². The van der Waals surface area contributed by atoms with Gasteiger partial charge in [0.15, 0.2) is 0 Å². The van der Waals surface area contributed by atoms with Crippen LogP contribution >= 0.6 is 0 Å². The zero-order chi connectivity index (χ0) is 21.8. The Kier molecular flexibility index (Phi) is 6.62. The maximum absolute atomic E-state index is 12.1. The van der Waals surface area contributed by atoms with Gasteiger partial charge in [0.2, 0.25) is 5.91 Å². The fourth-order valence-electron chi connectivity index (χ4n) is 4.03. The van der Waals surface area contributed by atoms with Gasteiger partial charge in [0, 0.05) is 20.0 Å². The second-order valence-corrected chi connectivity index (χ2v) is 7.29. The fourth-order valence-corrected chi connectivity index (χ4v) is 4.03. The van der Waals surface area contributed by atoms with Crippen molar-refractivity contribution in [3.05, 3.63) is 47.0 Å². The first-order chi connectivity index (χ1) is 14.4. The van der Waals surface area contributed by atoms with Crippen molar-refractivity contribution < 1.29 is 23.8 Å². The molecule has 7 heteroatoms. The highest BCUT2D eigenvalue weighted by molar-refractivity contribution is 5.82. The van der Waals surface area contributed by atoms with Crippen molar-refractivity contribution in [1.82, 2.24) is 4.90 Å². The molecule has 2 aromatic rings. The van der Waals surface area contributed by atoms with E-state index in [1.165, 1.54) is 7.11 Å². The molecule has 0 radical (unpaired) electrons. The van der Waals surface area contributed by atoms with Gasteiger partial charge in [0.05, 0.1) is 26.9 Å². The van der Waals surface area contributed by atoms with E-state index in [1.54, 1.807) is 21.1 Å². The largest absolute Gasteiger partial charge is 0.496 e. The molecule has 0 aromatic heterocycles. The van der Waals surface area contributed by atoms with Crippen molar-refractivity contribution in [2.45, 2.75) is 32.4 Å². The van der Waals surface area contributed by atoms with Crippen LogP contribution in [0.1, 0.15) is 23.6 Å². The third-order valence-corrected chi connectivity index (χ3v) is 5.60. The summed E-state index contributed by atoms with van der Waals surface area (Å²) in [5, 5.41) is 0. The lowest BCUT2D eigenvalue weighted by Gasteiger charge is -2.32. The Labute approximate surface area is 176 Å². The van der Waals surface area contributed by atoms with Gasteiger partial charge in [-0.2, -0.15) is 0 Å². The van der Waals surface area contributed by atoms with E-state index in [9.17, 15) is 9.59 Å². The second kappa shape index (κ2) is 9.17. The molecular formula is C23H28N2O5. The number of nitrogens with two attached hydrogens (primary N) is 1. The predicted molar refractivity (Wildman–Crippen MR) is 113 cm³/mol. The van der Waals surface area contributed by atoms with Crippen LogP contribution in [0.4, 0.5) is 0 Å². The lowest BCUT2D eigenvalue weighted by molar-refractivity contribution is -0.142. The molecule has 0 aliphatic carbocycles. The smallest absolute Gasteiger partial charge is 0.322 e. The predicted octanol–water partition coefficient (Wildman–Crippen LogP) is 2.32. The Bertz CT molecular complexity index is 935. The van der Waals surface area contributed by atoms with Gasteiger partial charge >= 0.3 is 5.97 Å². The molecule has 0 spiro atoms. The van der Waals surface area contributed by atoms with Crippen molar-refractivity contribution in [2.75, 3.05) is 27.9 Å². The summed E-state index contributed by atoms with van der Waals surface area (Å²) in [5.41, 5.74) is 10.9. The van der Waals surface area contributed by atoms with Crippen molar-refractivity contribution in [2.24, 2.45) is 5.73 Å². The number of benzene rings is 2. The van der Waals surface area contributed by atoms with E-state index in [-0.39, 0.29) is 5.91 Å². The number of esters is 1. The first kappa shape index (κ1) is 21.6. The summed E-state index contributed by atoms with van der Waals surface area (Å²) in [7, 11) is 4.58. The van der Waals surface area contributed by atoms with Crippen LogP contribution in [0.2, 0.25) is 0 Å². The molecule has 1 heterocycles. The fraction of sp³-hybridized carbons (Fsp3) is 0.391. The van der Waals surface area contributed by atoms with Gasteiger partial charge in [-0.1, -0.05) is 18.2 Å². The van der Waals surface area contributed by atoms with Crippen molar-refractivity contribution in [1.29, 1.82) is 0 Å². The molecule has 0 saturated carbocycles. The number of methoxy groups -OCH3 is 3. The van der Waals surface area contributed by atoms with E-state index in [0.717, 1.165) is 27.8 Å². The standard InChI is InChI=1S/C23H28N2O5/c1-14(26)25-11-10-16-15(12-19(24)23(27)30-4)8-9-17(18(16)13-25)22-20(28-2)6-5-7-21(22)29-3/h5-9,19H,10-13,24H2,1-4H3. The number of amides is 1. The SMILES string of the molecule is COC(=O)C(N)Cc1ccc(-c2c(OC)cccc2OC)c2c1CCN(C(C)=O)C2.